The van der Waals surface area contributed by atoms with Crippen molar-refractivity contribution in [3.8, 4) is 0 Å². The molecule has 0 aromatic heterocycles. The average Bonchev–Trinajstić information content (AvgIpc) is 2.26. The predicted octanol–water partition coefficient (Wildman–Crippen LogP) is 1.42. The van der Waals surface area contributed by atoms with Gasteiger partial charge in [-0.05, 0) is 18.8 Å². The van der Waals surface area contributed by atoms with Crippen LogP contribution in [0.2, 0.25) is 0 Å². The maximum Gasteiger partial charge on any atom is 0.319 e. The number of carbonyl (C=O) groups excluding carboxylic acids is 1. The second kappa shape index (κ2) is 5.95. The first kappa shape index (κ1) is 12.3. The number of piperidine rings is 1. The molecule has 4 nitrogen and oxygen atoms in total. The largest absolute Gasteiger partial charge is 0.383 e. The van der Waals surface area contributed by atoms with Gasteiger partial charge in [0.05, 0.1) is 6.61 Å². The molecule has 1 aliphatic rings. The lowest BCUT2D eigenvalue weighted by molar-refractivity contribution is 0.124. The van der Waals surface area contributed by atoms with Crippen molar-refractivity contribution >= 4 is 6.03 Å². The Kier molecular flexibility index (Phi) is 4.88. The van der Waals surface area contributed by atoms with Crippen LogP contribution in [-0.2, 0) is 4.74 Å². The minimum absolute atomic E-state index is 0.138. The molecule has 0 bridgehead atoms. The Bertz CT molecular complexity index is 201. The summed E-state index contributed by atoms with van der Waals surface area (Å²) in [5, 5.41) is 0. The van der Waals surface area contributed by atoms with Gasteiger partial charge in [0.2, 0.25) is 0 Å². The molecule has 0 aliphatic carbocycles. The van der Waals surface area contributed by atoms with Crippen molar-refractivity contribution in [3.63, 3.8) is 0 Å². The molecular weight excluding hydrogens is 192 g/mol. The predicted molar refractivity (Wildman–Crippen MR) is 59.9 cm³/mol. The molecule has 88 valence electrons. The van der Waals surface area contributed by atoms with E-state index in [4.69, 9.17) is 4.74 Å². The number of likely N-dealkylation sites (N-methyl/N-ethyl adjacent to an activating group) is 1. The molecule has 0 unspecified atom stereocenters. The Labute approximate surface area is 92.2 Å². The molecule has 0 radical (unpaired) electrons. The molecule has 4 heteroatoms. The zero-order chi connectivity index (χ0) is 11.3. The van der Waals surface area contributed by atoms with Gasteiger partial charge in [0.15, 0.2) is 0 Å². The second-order valence-corrected chi connectivity index (χ2v) is 4.37. The quantitative estimate of drug-likeness (QED) is 0.711. The Hall–Kier alpha value is -0.770. The molecule has 1 aliphatic heterocycles. The van der Waals surface area contributed by atoms with E-state index in [1.807, 2.05) is 11.9 Å². The highest BCUT2D eigenvalue weighted by atomic mass is 16.5. The molecule has 1 fully saturated rings. The molecule has 0 N–H and O–H groups in total. The number of ether oxygens (including phenoxy) is 1. The molecule has 0 atom stereocenters. The average molecular weight is 214 g/mol. The molecule has 1 heterocycles. The monoisotopic (exact) mass is 214 g/mol. The summed E-state index contributed by atoms with van der Waals surface area (Å²) in [4.78, 5) is 15.6. The van der Waals surface area contributed by atoms with Crippen molar-refractivity contribution in [1.29, 1.82) is 0 Å². The van der Waals surface area contributed by atoms with Crippen LogP contribution >= 0.6 is 0 Å². The van der Waals surface area contributed by atoms with E-state index in [0.717, 1.165) is 31.8 Å². The third-order valence-corrected chi connectivity index (χ3v) is 3.01. The van der Waals surface area contributed by atoms with Gasteiger partial charge in [-0.15, -0.1) is 0 Å². The van der Waals surface area contributed by atoms with Crippen molar-refractivity contribution in [3.05, 3.63) is 0 Å². The van der Waals surface area contributed by atoms with Gasteiger partial charge in [-0.2, -0.15) is 0 Å². The van der Waals surface area contributed by atoms with Crippen LogP contribution in [0.5, 0.6) is 0 Å². The first-order valence-corrected chi connectivity index (χ1v) is 5.64. The highest BCUT2D eigenvalue weighted by molar-refractivity contribution is 5.74. The Morgan fingerprint density at radius 3 is 2.60 bits per heavy atom. The molecule has 0 aromatic rings. The Morgan fingerprint density at radius 2 is 2.07 bits per heavy atom. The van der Waals surface area contributed by atoms with Gasteiger partial charge in [0, 0.05) is 33.8 Å². The summed E-state index contributed by atoms with van der Waals surface area (Å²) >= 11 is 0. The highest BCUT2D eigenvalue weighted by Gasteiger charge is 2.22. The summed E-state index contributed by atoms with van der Waals surface area (Å²) in [6.45, 7) is 5.32. The molecule has 0 aromatic carbocycles. The zero-order valence-electron chi connectivity index (χ0n) is 10.0. The molecule has 2 amide bonds. The number of methoxy groups -OCH3 is 1. The van der Waals surface area contributed by atoms with Gasteiger partial charge in [0.25, 0.3) is 0 Å². The number of rotatable bonds is 3. The molecular formula is C11H22N2O2. The van der Waals surface area contributed by atoms with Gasteiger partial charge in [-0.1, -0.05) is 6.92 Å². The zero-order valence-corrected chi connectivity index (χ0v) is 10.0. The standard InChI is InChI=1S/C11H22N2O2/c1-10-4-6-13(7-5-10)11(14)12(2)8-9-15-3/h10H,4-9H2,1-3H3. The van der Waals surface area contributed by atoms with Crippen LogP contribution < -0.4 is 0 Å². The van der Waals surface area contributed by atoms with E-state index < -0.39 is 0 Å². The van der Waals surface area contributed by atoms with E-state index in [0.29, 0.717) is 13.2 Å². The molecule has 15 heavy (non-hydrogen) atoms. The van der Waals surface area contributed by atoms with Crippen molar-refractivity contribution in [2.45, 2.75) is 19.8 Å². The first-order chi connectivity index (χ1) is 7.15. The maximum atomic E-state index is 11.9. The van der Waals surface area contributed by atoms with Crippen LogP contribution in [0.15, 0.2) is 0 Å². The van der Waals surface area contributed by atoms with Gasteiger partial charge < -0.3 is 14.5 Å². The number of likely N-dealkylation sites (tertiary alicyclic amines) is 1. The van der Waals surface area contributed by atoms with Gasteiger partial charge in [0.1, 0.15) is 0 Å². The number of hydrogen-bond donors (Lipinski definition) is 0. The van der Waals surface area contributed by atoms with Crippen LogP contribution in [0.4, 0.5) is 4.79 Å². The fourth-order valence-electron chi connectivity index (χ4n) is 1.77. The fourth-order valence-corrected chi connectivity index (χ4v) is 1.77. The maximum absolute atomic E-state index is 11.9. The summed E-state index contributed by atoms with van der Waals surface area (Å²) in [5.41, 5.74) is 0. The lowest BCUT2D eigenvalue weighted by Gasteiger charge is -2.33. The third-order valence-electron chi connectivity index (χ3n) is 3.01. The molecule has 0 spiro atoms. The lowest BCUT2D eigenvalue weighted by Crippen LogP contribution is -2.45. The third kappa shape index (κ3) is 3.70. The summed E-state index contributed by atoms with van der Waals surface area (Å²) in [6.07, 6.45) is 2.26. The minimum atomic E-state index is 0.138. The lowest BCUT2D eigenvalue weighted by atomic mass is 10.00. The van der Waals surface area contributed by atoms with Crippen LogP contribution in [0, 0.1) is 5.92 Å². The number of amides is 2. The van der Waals surface area contributed by atoms with Crippen molar-refractivity contribution in [2.24, 2.45) is 5.92 Å². The van der Waals surface area contributed by atoms with Gasteiger partial charge in [-0.3, -0.25) is 0 Å². The minimum Gasteiger partial charge on any atom is -0.383 e. The molecule has 1 saturated heterocycles. The SMILES string of the molecule is COCCN(C)C(=O)N1CCC(C)CC1. The van der Waals surface area contributed by atoms with Crippen LogP contribution in [0.3, 0.4) is 0 Å². The van der Waals surface area contributed by atoms with Gasteiger partial charge >= 0.3 is 6.03 Å². The highest BCUT2D eigenvalue weighted by Crippen LogP contribution is 2.16. The number of hydrogen-bond acceptors (Lipinski definition) is 2. The van der Waals surface area contributed by atoms with Crippen molar-refractivity contribution in [1.82, 2.24) is 9.80 Å². The number of nitrogens with zero attached hydrogens (tertiary/aromatic N) is 2. The van der Waals surface area contributed by atoms with Crippen molar-refractivity contribution in [2.75, 3.05) is 40.4 Å². The van der Waals surface area contributed by atoms with Crippen LogP contribution in [0.1, 0.15) is 19.8 Å². The van der Waals surface area contributed by atoms with Gasteiger partial charge in [-0.25, -0.2) is 4.79 Å². The summed E-state index contributed by atoms with van der Waals surface area (Å²) in [7, 11) is 3.49. The topological polar surface area (TPSA) is 32.8 Å². The fraction of sp³-hybridized carbons (Fsp3) is 0.909. The van der Waals surface area contributed by atoms with E-state index in [-0.39, 0.29) is 6.03 Å². The molecule has 1 rings (SSSR count). The number of carbonyl (C=O) groups is 1. The summed E-state index contributed by atoms with van der Waals surface area (Å²) < 4.78 is 4.95. The Morgan fingerprint density at radius 1 is 1.47 bits per heavy atom. The summed E-state index contributed by atoms with van der Waals surface area (Å²) in [5.74, 6) is 0.762. The second-order valence-electron chi connectivity index (χ2n) is 4.37. The van der Waals surface area contributed by atoms with Crippen molar-refractivity contribution < 1.29 is 9.53 Å². The molecule has 0 saturated carbocycles. The summed E-state index contributed by atoms with van der Waals surface area (Å²) in [6, 6.07) is 0.138. The first-order valence-electron chi connectivity index (χ1n) is 5.64. The van der Waals surface area contributed by atoms with E-state index >= 15 is 0 Å². The van der Waals surface area contributed by atoms with E-state index in [1.54, 1.807) is 12.0 Å². The van der Waals surface area contributed by atoms with Crippen LogP contribution in [-0.4, -0.2) is 56.2 Å². The smallest absolute Gasteiger partial charge is 0.319 e. The van der Waals surface area contributed by atoms with E-state index in [2.05, 4.69) is 6.92 Å². The van der Waals surface area contributed by atoms with E-state index in [9.17, 15) is 4.79 Å². The van der Waals surface area contributed by atoms with E-state index in [1.165, 1.54) is 0 Å². The van der Waals surface area contributed by atoms with Crippen LogP contribution in [0.25, 0.3) is 0 Å². The Balaban J connectivity index is 2.32. The number of urea groups is 1. The normalized spacial score (nSPS) is 17.9.